The van der Waals surface area contributed by atoms with Crippen LogP contribution in [-0.2, 0) is 6.54 Å². The van der Waals surface area contributed by atoms with Gasteiger partial charge in [0, 0.05) is 19.2 Å². The second kappa shape index (κ2) is 6.08. The first kappa shape index (κ1) is 15.2. The summed E-state index contributed by atoms with van der Waals surface area (Å²) in [5, 5.41) is 21.1. The Kier molecular flexibility index (Phi) is 4.62. The highest BCUT2D eigenvalue weighted by Crippen LogP contribution is 2.27. The number of hydrogen-bond donors (Lipinski definition) is 1. The van der Waals surface area contributed by atoms with Gasteiger partial charge in [0.05, 0.1) is 10.5 Å². The van der Waals surface area contributed by atoms with Crippen LogP contribution in [0.1, 0.15) is 31.7 Å². The summed E-state index contributed by atoms with van der Waals surface area (Å²) in [5.41, 5.74) is 0.231. The van der Waals surface area contributed by atoms with Crippen molar-refractivity contribution in [2.24, 2.45) is 0 Å². The predicted octanol–water partition coefficient (Wildman–Crippen LogP) is 2.99. The third kappa shape index (κ3) is 3.91. The van der Waals surface area contributed by atoms with Gasteiger partial charge in [-0.15, -0.1) is 0 Å². The third-order valence-corrected chi connectivity index (χ3v) is 4.09. The number of benzene rings is 1. The van der Waals surface area contributed by atoms with Gasteiger partial charge in [0.2, 0.25) is 0 Å². The lowest BCUT2D eigenvalue weighted by atomic mass is 9.98. The zero-order valence-corrected chi connectivity index (χ0v) is 12.3. The number of aliphatic hydroxyl groups is 1. The van der Waals surface area contributed by atoms with Gasteiger partial charge in [0.1, 0.15) is 5.02 Å². The van der Waals surface area contributed by atoms with Gasteiger partial charge in [-0.05, 0) is 44.4 Å². The van der Waals surface area contributed by atoms with Crippen LogP contribution in [0.15, 0.2) is 18.2 Å². The van der Waals surface area contributed by atoms with Crippen LogP contribution in [0, 0.1) is 10.1 Å². The molecule has 1 N–H and O–H groups in total. The van der Waals surface area contributed by atoms with E-state index in [9.17, 15) is 15.2 Å². The minimum absolute atomic E-state index is 0.0500. The highest BCUT2D eigenvalue weighted by atomic mass is 35.5. The summed E-state index contributed by atoms with van der Waals surface area (Å²) in [5.74, 6) is 0. The van der Waals surface area contributed by atoms with Crippen molar-refractivity contribution in [3.05, 3.63) is 38.9 Å². The summed E-state index contributed by atoms with van der Waals surface area (Å²) in [6.45, 7) is 4.20. The van der Waals surface area contributed by atoms with Gasteiger partial charge in [-0.1, -0.05) is 17.7 Å². The van der Waals surface area contributed by atoms with Crippen LogP contribution in [0.3, 0.4) is 0 Å². The van der Waals surface area contributed by atoms with Crippen molar-refractivity contribution in [1.29, 1.82) is 0 Å². The first-order chi connectivity index (χ1) is 9.37. The standard InChI is InChI=1S/C14H19ClN2O3/c1-14(18)5-2-7-16(8-6-14)10-11-3-4-12(15)13(9-11)17(19)20/h3-4,9,18H,2,5-8,10H2,1H3. The summed E-state index contributed by atoms with van der Waals surface area (Å²) in [7, 11) is 0. The van der Waals surface area contributed by atoms with Crippen LogP contribution in [0.4, 0.5) is 5.69 Å². The molecule has 0 spiro atoms. The number of hydrogen-bond acceptors (Lipinski definition) is 4. The van der Waals surface area contributed by atoms with Crippen LogP contribution in [0.5, 0.6) is 0 Å². The van der Waals surface area contributed by atoms with Crippen molar-refractivity contribution in [2.45, 2.75) is 38.3 Å². The molecule has 1 atom stereocenters. The largest absolute Gasteiger partial charge is 0.390 e. The van der Waals surface area contributed by atoms with Gasteiger partial charge >= 0.3 is 0 Å². The molecule has 0 amide bonds. The lowest BCUT2D eigenvalue weighted by Crippen LogP contribution is -2.28. The number of nitro benzene ring substituents is 1. The highest BCUT2D eigenvalue weighted by Gasteiger charge is 2.25. The fourth-order valence-corrected chi connectivity index (χ4v) is 2.72. The minimum Gasteiger partial charge on any atom is -0.390 e. The Morgan fingerprint density at radius 1 is 1.45 bits per heavy atom. The first-order valence-corrected chi connectivity index (χ1v) is 7.13. The molecule has 0 aromatic heterocycles. The maximum atomic E-state index is 10.9. The molecule has 1 unspecified atom stereocenters. The zero-order valence-electron chi connectivity index (χ0n) is 11.5. The van der Waals surface area contributed by atoms with Crippen LogP contribution >= 0.6 is 11.6 Å². The van der Waals surface area contributed by atoms with Crippen LogP contribution < -0.4 is 0 Å². The lowest BCUT2D eigenvalue weighted by molar-refractivity contribution is -0.384. The quantitative estimate of drug-likeness (QED) is 0.688. The highest BCUT2D eigenvalue weighted by molar-refractivity contribution is 6.32. The molecule has 1 saturated heterocycles. The molecule has 20 heavy (non-hydrogen) atoms. The Morgan fingerprint density at radius 3 is 2.90 bits per heavy atom. The van der Waals surface area contributed by atoms with Crippen molar-refractivity contribution in [3.63, 3.8) is 0 Å². The summed E-state index contributed by atoms with van der Waals surface area (Å²) in [6, 6.07) is 4.92. The van der Waals surface area contributed by atoms with E-state index in [0.29, 0.717) is 6.54 Å². The molecule has 0 aliphatic carbocycles. The van der Waals surface area contributed by atoms with Gasteiger partial charge in [-0.3, -0.25) is 15.0 Å². The fourth-order valence-electron chi connectivity index (χ4n) is 2.53. The molecule has 1 aromatic carbocycles. The second-order valence-corrected chi connectivity index (χ2v) is 6.08. The maximum Gasteiger partial charge on any atom is 0.288 e. The van der Waals surface area contributed by atoms with Crippen molar-refractivity contribution in [2.75, 3.05) is 13.1 Å². The molecule has 6 heteroatoms. The van der Waals surface area contributed by atoms with E-state index in [4.69, 9.17) is 11.6 Å². The summed E-state index contributed by atoms with van der Waals surface area (Å²) in [6.07, 6.45) is 2.45. The Bertz CT molecular complexity index is 505. The van der Waals surface area contributed by atoms with E-state index in [1.807, 2.05) is 13.0 Å². The SMILES string of the molecule is CC1(O)CCCN(Cc2ccc(Cl)c([N+](=O)[O-])c2)CC1. The topological polar surface area (TPSA) is 66.6 Å². The average Bonchev–Trinajstić information content (AvgIpc) is 2.53. The number of nitrogens with zero attached hydrogens (tertiary/aromatic N) is 2. The van der Waals surface area contributed by atoms with Crippen molar-refractivity contribution < 1.29 is 10.0 Å². The summed E-state index contributed by atoms with van der Waals surface area (Å²) in [4.78, 5) is 12.6. The van der Waals surface area contributed by atoms with E-state index in [1.54, 1.807) is 6.07 Å². The molecule has 5 nitrogen and oxygen atoms in total. The first-order valence-electron chi connectivity index (χ1n) is 6.75. The van der Waals surface area contributed by atoms with E-state index in [-0.39, 0.29) is 10.7 Å². The molecule has 1 aliphatic rings. The van der Waals surface area contributed by atoms with E-state index < -0.39 is 10.5 Å². The van der Waals surface area contributed by atoms with E-state index in [2.05, 4.69) is 4.90 Å². The molecular weight excluding hydrogens is 280 g/mol. The molecule has 1 heterocycles. The fraction of sp³-hybridized carbons (Fsp3) is 0.571. The molecule has 0 bridgehead atoms. The average molecular weight is 299 g/mol. The van der Waals surface area contributed by atoms with Gasteiger partial charge in [-0.2, -0.15) is 0 Å². The smallest absolute Gasteiger partial charge is 0.288 e. The number of halogens is 1. The van der Waals surface area contributed by atoms with E-state index in [0.717, 1.165) is 37.9 Å². The van der Waals surface area contributed by atoms with E-state index in [1.165, 1.54) is 6.07 Å². The van der Waals surface area contributed by atoms with Gasteiger partial charge < -0.3 is 5.11 Å². The molecule has 1 aromatic rings. The number of likely N-dealkylation sites (tertiary alicyclic amines) is 1. The minimum atomic E-state index is -0.596. The van der Waals surface area contributed by atoms with Gasteiger partial charge in [0.25, 0.3) is 5.69 Å². The molecule has 1 aliphatic heterocycles. The third-order valence-electron chi connectivity index (χ3n) is 3.77. The molecule has 1 fully saturated rings. The van der Waals surface area contributed by atoms with Gasteiger partial charge in [0.15, 0.2) is 0 Å². The maximum absolute atomic E-state index is 10.9. The summed E-state index contributed by atoms with van der Waals surface area (Å²) < 4.78 is 0. The Balaban J connectivity index is 2.06. The van der Waals surface area contributed by atoms with Crippen LogP contribution in [0.25, 0.3) is 0 Å². The molecule has 0 saturated carbocycles. The van der Waals surface area contributed by atoms with Gasteiger partial charge in [-0.25, -0.2) is 0 Å². The van der Waals surface area contributed by atoms with Crippen molar-refractivity contribution in [3.8, 4) is 0 Å². The Labute approximate surface area is 123 Å². The Morgan fingerprint density at radius 2 is 2.20 bits per heavy atom. The van der Waals surface area contributed by atoms with Crippen molar-refractivity contribution >= 4 is 17.3 Å². The molecule has 0 radical (unpaired) electrons. The lowest BCUT2D eigenvalue weighted by Gasteiger charge is -2.22. The summed E-state index contributed by atoms with van der Waals surface area (Å²) >= 11 is 5.81. The second-order valence-electron chi connectivity index (χ2n) is 5.67. The van der Waals surface area contributed by atoms with E-state index >= 15 is 0 Å². The molecule has 110 valence electrons. The molecular formula is C14H19ClN2O3. The number of nitro groups is 1. The van der Waals surface area contributed by atoms with Crippen LogP contribution in [-0.4, -0.2) is 33.6 Å². The normalized spacial score (nSPS) is 24.4. The predicted molar refractivity (Wildman–Crippen MR) is 77.9 cm³/mol. The molecule has 2 rings (SSSR count). The monoisotopic (exact) mass is 298 g/mol. The van der Waals surface area contributed by atoms with Crippen LogP contribution in [0.2, 0.25) is 5.02 Å². The Hall–Kier alpha value is -1.17. The van der Waals surface area contributed by atoms with Crippen molar-refractivity contribution in [1.82, 2.24) is 4.90 Å². The number of rotatable bonds is 3. The zero-order chi connectivity index (χ0) is 14.8.